The number of nitrogens with zero attached hydrogens (tertiary/aromatic N) is 3. The van der Waals surface area contributed by atoms with Gasteiger partial charge in [0, 0.05) is 24.7 Å². The average Bonchev–Trinajstić information content (AvgIpc) is 2.56. The Kier molecular flexibility index (Phi) is 4.42. The predicted molar refractivity (Wildman–Crippen MR) is 90.9 cm³/mol. The number of aryl methyl sites for hydroxylation is 1. The number of halogens is 1. The zero-order valence-electron chi connectivity index (χ0n) is 13.1. The Bertz CT molecular complexity index is 928. The third kappa shape index (κ3) is 2.61. The van der Waals surface area contributed by atoms with E-state index in [0.29, 0.717) is 19.4 Å². The molecule has 128 valence electrons. The fourth-order valence-electron chi connectivity index (χ4n) is 3.25. The minimum Gasteiger partial charge on any atom is -0.317 e. The molecule has 1 aromatic carbocycles. The first-order valence-electron chi connectivity index (χ1n) is 7.79. The molecule has 0 atom stereocenters. The molecule has 1 fully saturated rings. The van der Waals surface area contributed by atoms with Crippen molar-refractivity contribution in [2.75, 3.05) is 13.1 Å². The van der Waals surface area contributed by atoms with E-state index in [9.17, 15) is 19.7 Å². The molecule has 2 aromatic rings. The van der Waals surface area contributed by atoms with Crippen LogP contribution in [0.3, 0.4) is 0 Å². The summed E-state index contributed by atoms with van der Waals surface area (Å²) in [4.78, 5) is 36.2. The molecule has 0 radical (unpaired) electrons. The van der Waals surface area contributed by atoms with Crippen LogP contribution in [0.15, 0.2) is 21.7 Å². The molecular formula is C15H17ClN4O4. The summed E-state index contributed by atoms with van der Waals surface area (Å²) >= 11 is 6.15. The first-order chi connectivity index (χ1) is 11.5. The summed E-state index contributed by atoms with van der Waals surface area (Å²) in [5.41, 5.74) is -0.942. The van der Waals surface area contributed by atoms with Gasteiger partial charge in [0.05, 0.1) is 20.8 Å². The van der Waals surface area contributed by atoms with Crippen molar-refractivity contribution in [3.05, 3.63) is 48.1 Å². The molecule has 0 saturated carbocycles. The molecule has 9 heteroatoms. The zero-order chi connectivity index (χ0) is 17.4. The van der Waals surface area contributed by atoms with Gasteiger partial charge in [-0.25, -0.2) is 4.79 Å². The Hall–Kier alpha value is -2.19. The van der Waals surface area contributed by atoms with E-state index in [2.05, 4.69) is 5.32 Å². The summed E-state index contributed by atoms with van der Waals surface area (Å²) in [5, 5.41) is 14.4. The highest BCUT2D eigenvalue weighted by atomic mass is 35.5. The van der Waals surface area contributed by atoms with Crippen molar-refractivity contribution >= 4 is 28.2 Å². The molecule has 2 heterocycles. The van der Waals surface area contributed by atoms with Crippen LogP contribution in [-0.2, 0) is 6.54 Å². The number of nitro groups is 1. The molecule has 0 aliphatic carbocycles. The van der Waals surface area contributed by atoms with Gasteiger partial charge >= 0.3 is 5.69 Å². The van der Waals surface area contributed by atoms with Crippen molar-refractivity contribution in [1.29, 1.82) is 0 Å². The quantitative estimate of drug-likeness (QED) is 0.669. The van der Waals surface area contributed by atoms with Gasteiger partial charge in [-0.15, -0.1) is 0 Å². The Balaban J connectivity index is 2.40. The monoisotopic (exact) mass is 352 g/mol. The lowest BCUT2D eigenvalue weighted by atomic mass is 10.1. The molecule has 3 rings (SSSR count). The number of piperidine rings is 1. The van der Waals surface area contributed by atoms with Crippen LogP contribution in [0.2, 0.25) is 5.02 Å². The molecule has 8 nitrogen and oxygen atoms in total. The third-order valence-electron chi connectivity index (χ3n) is 4.41. The summed E-state index contributed by atoms with van der Waals surface area (Å²) in [6.45, 7) is 3.53. The van der Waals surface area contributed by atoms with E-state index in [1.54, 1.807) is 6.92 Å². The van der Waals surface area contributed by atoms with Crippen LogP contribution in [0, 0.1) is 10.1 Å². The van der Waals surface area contributed by atoms with Gasteiger partial charge in [0.1, 0.15) is 0 Å². The van der Waals surface area contributed by atoms with Crippen LogP contribution < -0.4 is 16.6 Å². The standard InChI is InChI=1S/C15H17ClN4O4/c1-2-18-13-11(7-10(20(23)24)8-12(13)16)14(21)19(15(18)22)9-3-5-17-6-4-9/h7-9,17H,2-6H2,1H3. The Morgan fingerprint density at radius 3 is 2.58 bits per heavy atom. The van der Waals surface area contributed by atoms with Crippen molar-refractivity contribution in [3.8, 4) is 0 Å². The van der Waals surface area contributed by atoms with E-state index in [-0.39, 0.29) is 27.7 Å². The second-order valence-corrected chi connectivity index (χ2v) is 6.17. The van der Waals surface area contributed by atoms with E-state index in [1.165, 1.54) is 21.3 Å². The number of non-ortho nitro benzene ring substituents is 1. The van der Waals surface area contributed by atoms with Gasteiger partial charge in [0.25, 0.3) is 11.2 Å². The molecule has 1 aromatic heterocycles. The number of benzene rings is 1. The van der Waals surface area contributed by atoms with Crippen LogP contribution in [0.4, 0.5) is 5.69 Å². The van der Waals surface area contributed by atoms with Gasteiger partial charge in [0.15, 0.2) is 0 Å². The van der Waals surface area contributed by atoms with E-state index >= 15 is 0 Å². The smallest absolute Gasteiger partial charge is 0.317 e. The summed E-state index contributed by atoms with van der Waals surface area (Å²) in [7, 11) is 0. The third-order valence-corrected chi connectivity index (χ3v) is 4.69. The number of nitrogens with one attached hydrogen (secondary N) is 1. The van der Waals surface area contributed by atoms with Gasteiger partial charge in [-0.3, -0.25) is 24.0 Å². The van der Waals surface area contributed by atoms with E-state index in [4.69, 9.17) is 11.6 Å². The molecular weight excluding hydrogens is 336 g/mol. The summed E-state index contributed by atoms with van der Waals surface area (Å²) in [5.74, 6) is 0. The van der Waals surface area contributed by atoms with Gasteiger partial charge in [-0.1, -0.05) is 11.6 Å². The predicted octanol–water partition coefficient (Wildman–Crippen LogP) is 1.67. The molecule has 1 aliphatic heterocycles. The van der Waals surface area contributed by atoms with Gasteiger partial charge in [-0.05, 0) is 32.9 Å². The maximum Gasteiger partial charge on any atom is 0.331 e. The highest BCUT2D eigenvalue weighted by molar-refractivity contribution is 6.35. The van der Waals surface area contributed by atoms with Crippen LogP contribution in [0.25, 0.3) is 10.9 Å². The first kappa shape index (κ1) is 16.7. The fraction of sp³-hybridized carbons (Fsp3) is 0.467. The van der Waals surface area contributed by atoms with E-state index < -0.39 is 16.2 Å². The van der Waals surface area contributed by atoms with Crippen molar-refractivity contribution in [3.63, 3.8) is 0 Å². The van der Waals surface area contributed by atoms with Gasteiger partial charge in [-0.2, -0.15) is 0 Å². The Morgan fingerprint density at radius 1 is 1.33 bits per heavy atom. The van der Waals surface area contributed by atoms with Gasteiger partial charge < -0.3 is 5.32 Å². The van der Waals surface area contributed by atoms with Crippen molar-refractivity contribution < 1.29 is 4.92 Å². The average molecular weight is 353 g/mol. The number of nitro benzene ring substituents is 1. The minimum atomic E-state index is -0.596. The van der Waals surface area contributed by atoms with E-state index in [1.807, 2.05) is 0 Å². The van der Waals surface area contributed by atoms with Crippen molar-refractivity contribution in [1.82, 2.24) is 14.5 Å². The van der Waals surface area contributed by atoms with Crippen molar-refractivity contribution in [2.24, 2.45) is 0 Å². The number of rotatable bonds is 3. The van der Waals surface area contributed by atoms with Crippen LogP contribution in [-0.4, -0.2) is 27.1 Å². The normalized spacial score (nSPS) is 15.8. The SMILES string of the molecule is CCn1c(=O)n(C2CCNCC2)c(=O)c2cc([N+](=O)[O-])cc(Cl)c21. The van der Waals surface area contributed by atoms with Crippen LogP contribution >= 0.6 is 11.6 Å². The molecule has 0 bridgehead atoms. The molecule has 1 N–H and O–H groups in total. The van der Waals surface area contributed by atoms with E-state index in [0.717, 1.165) is 13.1 Å². The lowest BCUT2D eigenvalue weighted by Gasteiger charge is -2.25. The highest BCUT2D eigenvalue weighted by Gasteiger charge is 2.24. The number of aromatic nitrogens is 2. The fourth-order valence-corrected chi connectivity index (χ4v) is 3.57. The molecule has 0 spiro atoms. The maximum absolute atomic E-state index is 12.9. The molecule has 24 heavy (non-hydrogen) atoms. The highest BCUT2D eigenvalue weighted by Crippen LogP contribution is 2.27. The number of hydrogen-bond acceptors (Lipinski definition) is 5. The molecule has 0 unspecified atom stereocenters. The molecule has 1 saturated heterocycles. The zero-order valence-corrected chi connectivity index (χ0v) is 13.9. The summed E-state index contributed by atoms with van der Waals surface area (Å²) < 4.78 is 2.64. The topological polar surface area (TPSA) is 99.2 Å². The first-order valence-corrected chi connectivity index (χ1v) is 8.17. The van der Waals surface area contributed by atoms with Crippen molar-refractivity contribution in [2.45, 2.75) is 32.4 Å². The second-order valence-electron chi connectivity index (χ2n) is 5.76. The Morgan fingerprint density at radius 2 is 2.00 bits per heavy atom. The lowest BCUT2D eigenvalue weighted by Crippen LogP contribution is -2.45. The second kappa shape index (κ2) is 6.37. The number of fused-ring (bicyclic) bond motifs is 1. The minimum absolute atomic E-state index is 0.0349. The number of hydrogen-bond donors (Lipinski definition) is 1. The Labute approximate surface area is 141 Å². The van der Waals surface area contributed by atoms with Gasteiger partial charge in [0.2, 0.25) is 0 Å². The summed E-state index contributed by atoms with van der Waals surface area (Å²) in [6, 6.07) is 2.16. The summed E-state index contributed by atoms with van der Waals surface area (Å²) in [6.07, 6.45) is 1.32. The molecule has 0 amide bonds. The maximum atomic E-state index is 12.9. The molecule has 1 aliphatic rings. The largest absolute Gasteiger partial charge is 0.331 e. The van der Waals surface area contributed by atoms with Crippen LogP contribution in [0.5, 0.6) is 0 Å². The lowest BCUT2D eigenvalue weighted by molar-refractivity contribution is -0.384. The van der Waals surface area contributed by atoms with Crippen LogP contribution in [0.1, 0.15) is 25.8 Å².